The molecule has 0 radical (unpaired) electrons. The van der Waals surface area contributed by atoms with Gasteiger partial charge in [0.15, 0.2) is 0 Å². The summed E-state index contributed by atoms with van der Waals surface area (Å²) < 4.78 is 5.47. The molecule has 2 aromatic rings. The van der Waals surface area contributed by atoms with Crippen LogP contribution >= 0.6 is 0 Å². The van der Waals surface area contributed by atoms with Crippen LogP contribution in [-0.4, -0.2) is 11.7 Å². The van der Waals surface area contributed by atoms with E-state index in [2.05, 4.69) is 24.3 Å². The number of hydrogen-bond acceptors (Lipinski definition) is 2. The molecule has 0 saturated heterocycles. The lowest BCUT2D eigenvalue weighted by Gasteiger charge is -2.37. The van der Waals surface area contributed by atoms with E-state index in [9.17, 15) is 5.11 Å². The van der Waals surface area contributed by atoms with Crippen LogP contribution in [0.5, 0.6) is 0 Å². The summed E-state index contributed by atoms with van der Waals surface area (Å²) >= 11 is 0. The fourth-order valence-electron chi connectivity index (χ4n) is 3.16. The maximum absolute atomic E-state index is 9.95. The molecule has 0 spiro atoms. The Morgan fingerprint density at radius 2 is 2.06 bits per heavy atom. The van der Waals surface area contributed by atoms with Crippen molar-refractivity contribution in [3.8, 4) is 0 Å². The monoisotopic (exact) mass is 242 g/mol. The maximum atomic E-state index is 9.95. The molecule has 94 valence electrons. The standard InChI is InChI=1S/C16H18O2/c17-12-16(11-14-7-4-10-18-14)9-3-6-13-5-1-2-8-15(13)16/h1-2,4-5,7-8,10,17H,3,6,9,11-12H2. The van der Waals surface area contributed by atoms with Crippen molar-refractivity contribution in [3.05, 3.63) is 59.5 Å². The maximum Gasteiger partial charge on any atom is 0.104 e. The molecule has 1 heterocycles. The molecule has 0 saturated carbocycles. The van der Waals surface area contributed by atoms with E-state index in [1.807, 2.05) is 12.1 Å². The summed E-state index contributed by atoms with van der Waals surface area (Å²) in [7, 11) is 0. The molecular weight excluding hydrogens is 224 g/mol. The lowest BCUT2D eigenvalue weighted by molar-refractivity contribution is 0.167. The molecule has 1 unspecified atom stereocenters. The van der Waals surface area contributed by atoms with Crippen LogP contribution < -0.4 is 0 Å². The lowest BCUT2D eigenvalue weighted by Crippen LogP contribution is -2.36. The number of hydrogen-bond donors (Lipinski definition) is 1. The summed E-state index contributed by atoms with van der Waals surface area (Å²) in [4.78, 5) is 0. The Balaban J connectivity index is 2.02. The zero-order valence-corrected chi connectivity index (χ0v) is 10.4. The molecule has 0 aliphatic heterocycles. The Morgan fingerprint density at radius 1 is 1.17 bits per heavy atom. The molecule has 2 nitrogen and oxygen atoms in total. The first kappa shape index (κ1) is 11.5. The second-order valence-electron chi connectivity index (χ2n) is 5.21. The first-order valence-corrected chi connectivity index (χ1v) is 6.56. The third-order valence-electron chi connectivity index (χ3n) is 4.09. The summed E-state index contributed by atoms with van der Waals surface area (Å²) in [5, 5.41) is 9.95. The second kappa shape index (κ2) is 4.62. The average molecular weight is 242 g/mol. The number of rotatable bonds is 3. The number of aliphatic hydroxyl groups is 1. The van der Waals surface area contributed by atoms with Crippen LogP contribution in [0.1, 0.15) is 29.7 Å². The van der Waals surface area contributed by atoms with Crippen molar-refractivity contribution in [2.75, 3.05) is 6.61 Å². The third-order valence-corrected chi connectivity index (χ3v) is 4.09. The molecule has 2 heteroatoms. The number of furan rings is 1. The Hall–Kier alpha value is -1.54. The highest BCUT2D eigenvalue weighted by atomic mass is 16.3. The first-order valence-electron chi connectivity index (χ1n) is 6.56. The van der Waals surface area contributed by atoms with Crippen molar-refractivity contribution >= 4 is 0 Å². The van der Waals surface area contributed by atoms with Crippen LogP contribution in [0.4, 0.5) is 0 Å². The van der Waals surface area contributed by atoms with E-state index in [1.165, 1.54) is 11.1 Å². The molecule has 1 N–H and O–H groups in total. The molecule has 1 aromatic carbocycles. The molecule has 1 atom stereocenters. The number of benzene rings is 1. The molecule has 1 aliphatic carbocycles. The SMILES string of the molecule is OCC1(Cc2ccco2)CCCc2ccccc21. The largest absolute Gasteiger partial charge is 0.469 e. The Morgan fingerprint density at radius 3 is 2.83 bits per heavy atom. The zero-order valence-electron chi connectivity index (χ0n) is 10.4. The van der Waals surface area contributed by atoms with Crippen molar-refractivity contribution in [3.63, 3.8) is 0 Å². The number of aliphatic hydroxyl groups excluding tert-OH is 1. The normalized spacial score (nSPS) is 22.7. The average Bonchev–Trinajstić information content (AvgIpc) is 2.92. The molecule has 18 heavy (non-hydrogen) atoms. The van der Waals surface area contributed by atoms with Crippen molar-refractivity contribution in [2.24, 2.45) is 0 Å². The van der Waals surface area contributed by atoms with Gasteiger partial charge in [-0.05, 0) is 42.5 Å². The molecule has 0 bridgehead atoms. The first-order chi connectivity index (χ1) is 8.84. The highest BCUT2D eigenvalue weighted by Crippen LogP contribution is 2.39. The molecular formula is C16H18O2. The van der Waals surface area contributed by atoms with Crippen molar-refractivity contribution in [2.45, 2.75) is 31.1 Å². The lowest BCUT2D eigenvalue weighted by atomic mass is 9.68. The topological polar surface area (TPSA) is 33.4 Å². The summed E-state index contributed by atoms with van der Waals surface area (Å²) in [6, 6.07) is 12.4. The van der Waals surface area contributed by atoms with E-state index < -0.39 is 0 Å². The Labute approximate surface area is 107 Å². The van der Waals surface area contributed by atoms with E-state index in [0.717, 1.165) is 31.4 Å². The van der Waals surface area contributed by atoms with Crippen LogP contribution in [-0.2, 0) is 18.3 Å². The van der Waals surface area contributed by atoms with Crippen LogP contribution in [0.15, 0.2) is 47.1 Å². The quantitative estimate of drug-likeness (QED) is 0.897. The van der Waals surface area contributed by atoms with Crippen LogP contribution in [0.2, 0.25) is 0 Å². The van der Waals surface area contributed by atoms with Crippen LogP contribution in [0, 0.1) is 0 Å². The summed E-state index contributed by atoms with van der Waals surface area (Å²) in [5.41, 5.74) is 2.52. The molecule has 1 aliphatic rings. The predicted molar refractivity (Wildman–Crippen MR) is 70.6 cm³/mol. The van der Waals surface area contributed by atoms with E-state index >= 15 is 0 Å². The minimum absolute atomic E-state index is 0.160. The minimum atomic E-state index is -0.160. The smallest absolute Gasteiger partial charge is 0.104 e. The summed E-state index contributed by atoms with van der Waals surface area (Å²) in [6.45, 7) is 0.185. The van der Waals surface area contributed by atoms with Gasteiger partial charge in [0.25, 0.3) is 0 Å². The molecule has 0 amide bonds. The van der Waals surface area contributed by atoms with Gasteiger partial charge in [-0.2, -0.15) is 0 Å². The van der Waals surface area contributed by atoms with Crippen molar-refractivity contribution in [1.29, 1.82) is 0 Å². The van der Waals surface area contributed by atoms with Gasteiger partial charge in [-0.15, -0.1) is 0 Å². The van der Waals surface area contributed by atoms with Crippen molar-refractivity contribution < 1.29 is 9.52 Å². The molecule has 0 fully saturated rings. The zero-order chi connectivity index (χ0) is 12.4. The third kappa shape index (κ3) is 1.87. The van der Waals surface area contributed by atoms with Gasteiger partial charge in [0.1, 0.15) is 5.76 Å². The van der Waals surface area contributed by atoms with Crippen LogP contribution in [0.3, 0.4) is 0 Å². The summed E-state index contributed by atoms with van der Waals surface area (Å²) in [6.07, 6.45) is 5.78. The van der Waals surface area contributed by atoms with E-state index in [4.69, 9.17) is 4.42 Å². The van der Waals surface area contributed by atoms with E-state index in [1.54, 1.807) is 6.26 Å². The van der Waals surface area contributed by atoms with Gasteiger partial charge in [-0.25, -0.2) is 0 Å². The Bertz CT molecular complexity index is 516. The van der Waals surface area contributed by atoms with Gasteiger partial charge in [-0.1, -0.05) is 24.3 Å². The highest BCUT2D eigenvalue weighted by molar-refractivity contribution is 5.38. The van der Waals surface area contributed by atoms with E-state index in [-0.39, 0.29) is 12.0 Å². The Kier molecular flexibility index (Phi) is 2.96. The van der Waals surface area contributed by atoms with Gasteiger partial charge in [0.05, 0.1) is 12.9 Å². The van der Waals surface area contributed by atoms with Gasteiger partial charge < -0.3 is 9.52 Å². The summed E-state index contributed by atoms with van der Waals surface area (Å²) in [5.74, 6) is 0.959. The van der Waals surface area contributed by atoms with E-state index in [0.29, 0.717) is 0 Å². The predicted octanol–water partition coefficient (Wildman–Crippen LogP) is 3.09. The fourth-order valence-corrected chi connectivity index (χ4v) is 3.16. The number of aryl methyl sites for hydroxylation is 1. The second-order valence-corrected chi connectivity index (χ2v) is 5.21. The fraction of sp³-hybridized carbons (Fsp3) is 0.375. The molecule has 1 aromatic heterocycles. The molecule has 3 rings (SSSR count). The number of fused-ring (bicyclic) bond motifs is 1. The highest BCUT2D eigenvalue weighted by Gasteiger charge is 2.36. The van der Waals surface area contributed by atoms with Gasteiger partial charge in [0, 0.05) is 11.8 Å². The van der Waals surface area contributed by atoms with Gasteiger partial charge in [-0.3, -0.25) is 0 Å². The van der Waals surface area contributed by atoms with Gasteiger partial charge >= 0.3 is 0 Å². The minimum Gasteiger partial charge on any atom is -0.469 e. The van der Waals surface area contributed by atoms with Crippen molar-refractivity contribution in [1.82, 2.24) is 0 Å². The van der Waals surface area contributed by atoms with Gasteiger partial charge in [0.2, 0.25) is 0 Å². The van der Waals surface area contributed by atoms with Crippen LogP contribution in [0.25, 0.3) is 0 Å².